The quantitative estimate of drug-likeness (QED) is 0.506. The second-order valence-electron chi connectivity index (χ2n) is 4.15. The lowest BCUT2D eigenvalue weighted by molar-refractivity contribution is -0.133. The number of hydrazine groups is 1. The lowest BCUT2D eigenvalue weighted by Gasteiger charge is -2.32. The summed E-state index contributed by atoms with van der Waals surface area (Å²) in [6.07, 6.45) is 2.42. The van der Waals surface area contributed by atoms with Crippen LogP contribution >= 0.6 is 0 Å². The summed E-state index contributed by atoms with van der Waals surface area (Å²) in [5.41, 5.74) is 2.39. The first-order chi connectivity index (χ1) is 7.13. The minimum absolute atomic E-state index is 0.0699. The predicted molar refractivity (Wildman–Crippen MR) is 58.0 cm³/mol. The van der Waals surface area contributed by atoms with Crippen molar-refractivity contribution in [1.82, 2.24) is 10.3 Å². The zero-order chi connectivity index (χ0) is 11.3. The van der Waals surface area contributed by atoms with Crippen molar-refractivity contribution >= 4 is 5.91 Å². The first-order valence-corrected chi connectivity index (χ1v) is 5.50. The molecule has 1 rings (SSSR count). The monoisotopic (exact) mass is 215 g/mol. The summed E-state index contributed by atoms with van der Waals surface area (Å²) in [6.45, 7) is 5.84. The fraction of sp³-hybridized carbons (Fsp3) is 0.900. The van der Waals surface area contributed by atoms with E-state index in [0.717, 1.165) is 25.9 Å². The third-order valence-corrected chi connectivity index (χ3v) is 2.51. The van der Waals surface area contributed by atoms with Crippen LogP contribution in [0, 0.1) is 0 Å². The van der Waals surface area contributed by atoms with Crippen molar-refractivity contribution in [3.8, 4) is 0 Å². The van der Waals surface area contributed by atoms with Gasteiger partial charge in [-0.05, 0) is 26.7 Å². The molecule has 1 aliphatic rings. The van der Waals surface area contributed by atoms with Crippen molar-refractivity contribution in [2.75, 3.05) is 19.6 Å². The second kappa shape index (κ2) is 6.05. The van der Waals surface area contributed by atoms with Crippen molar-refractivity contribution in [1.29, 1.82) is 0 Å². The SMILES string of the molecule is CC(C)OC1CCN(C(=O)CNN)CC1. The van der Waals surface area contributed by atoms with E-state index in [1.165, 1.54) is 0 Å². The molecule has 1 amide bonds. The van der Waals surface area contributed by atoms with Crippen LogP contribution in [0.4, 0.5) is 0 Å². The number of nitrogens with zero attached hydrogens (tertiary/aromatic N) is 1. The summed E-state index contributed by atoms with van der Waals surface area (Å²) in [7, 11) is 0. The molecule has 0 aromatic carbocycles. The van der Waals surface area contributed by atoms with Crippen molar-refractivity contribution < 1.29 is 9.53 Å². The summed E-state index contributed by atoms with van der Waals surface area (Å²) in [5, 5.41) is 0. The van der Waals surface area contributed by atoms with Crippen LogP contribution in [0.2, 0.25) is 0 Å². The molecule has 0 aromatic rings. The number of likely N-dealkylation sites (tertiary alicyclic amines) is 1. The van der Waals surface area contributed by atoms with E-state index in [-0.39, 0.29) is 18.6 Å². The molecule has 3 N–H and O–H groups in total. The molecular weight excluding hydrogens is 194 g/mol. The van der Waals surface area contributed by atoms with Crippen molar-refractivity contribution in [3.63, 3.8) is 0 Å². The van der Waals surface area contributed by atoms with Gasteiger partial charge in [0.2, 0.25) is 5.91 Å². The number of carbonyl (C=O) groups excluding carboxylic acids is 1. The highest BCUT2D eigenvalue weighted by molar-refractivity contribution is 5.78. The fourth-order valence-electron chi connectivity index (χ4n) is 1.83. The molecule has 0 radical (unpaired) electrons. The van der Waals surface area contributed by atoms with Gasteiger partial charge in [-0.3, -0.25) is 16.1 Å². The van der Waals surface area contributed by atoms with Gasteiger partial charge in [0.15, 0.2) is 0 Å². The summed E-state index contributed by atoms with van der Waals surface area (Å²) in [4.78, 5) is 13.3. The molecule has 5 nitrogen and oxygen atoms in total. The van der Waals surface area contributed by atoms with Crippen LogP contribution in [0.3, 0.4) is 0 Å². The Labute approximate surface area is 90.9 Å². The number of carbonyl (C=O) groups is 1. The summed E-state index contributed by atoms with van der Waals surface area (Å²) >= 11 is 0. The first-order valence-electron chi connectivity index (χ1n) is 5.50. The highest BCUT2D eigenvalue weighted by Gasteiger charge is 2.23. The molecule has 15 heavy (non-hydrogen) atoms. The zero-order valence-corrected chi connectivity index (χ0v) is 9.53. The maximum atomic E-state index is 11.5. The molecule has 88 valence electrons. The average molecular weight is 215 g/mol. The topological polar surface area (TPSA) is 67.6 Å². The van der Waals surface area contributed by atoms with Crippen LogP contribution < -0.4 is 11.3 Å². The molecule has 1 heterocycles. The van der Waals surface area contributed by atoms with Gasteiger partial charge in [-0.15, -0.1) is 0 Å². The lowest BCUT2D eigenvalue weighted by Crippen LogP contribution is -2.46. The smallest absolute Gasteiger partial charge is 0.237 e. The molecule has 1 fully saturated rings. The lowest BCUT2D eigenvalue weighted by atomic mass is 10.1. The standard InChI is InChI=1S/C10H21N3O2/c1-8(2)15-9-3-5-13(6-4-9)10(14)7-12-11/h8-9,12H,3-7,11H2,1-2H3. The molecule has 0 unspecified atom stereocenters. The van der Waals surface area contributed by atoms with Gasteiger partial charge in [0.05, 0.1) is 18.8 Å². The largest absolute Gasteiger partial charge is 0.375 e. The van der Waals surface area contributed by atoms with Crippen LogP contribution in [0.1, 0.15) is 26.7 Å². The zero-order valence-electron chi connectivity index (χ0n) is 9.53. The third kappa shape index (κ3) is 4.15. The second-order valence-corrected chi connectivity index (χ2v) is 4.15. The molecule has 0 saturated carbocycles. The Hall–Kier alpha value is -0.650. The number of piperidine rings is 1. The molecule has 0 aliphatic carbocycles. The Kier molecular flexibility index (Phi) is 5.01. The molecule has 1 saturated heterocycles. The molecule has 0 aromatic heterocycles. The Morgan fingerprint density at radius 3 is 2.60 bits per heavy atom. The molecular formula is C10H21N3O2. The van der Waals surface area contributed by atoms with E-state index in [1.807, 2.05) is 18.7 Å². The number of nitrogens with two attached hydrogens (primary N) is 1. The highest BCUT2D eigenvalue weighted by atomic mass is 16.5. The van der Waals surface area contributed by atoms with Crippen LogP contribution in [-0.2, 0) is 9.53 Å². The molecule has 0 atom stereocenters. The number of amides is 1. The van der Waals surface area contributed by atoms with E-state index >= 15 is 0 Å². The summed E-state index contributed by atoms with van der Waals surface area (Å²) < 4.78 is 5.70. The number of hydrogen-bond donors (Lipinski definition) is 2. The first kappa shape index (κ1) is 12.4. The van der Waals surface area contributed by atoms with Crippen LogP contribution in [0.25, 0.3) is 0 Å². The van der Waals surface area contributed by atoms with Crippen LogP contribution in [0.5, 0.6) is 0 Å². The van der Waals surface area contributed by atoms with E-state index in [1.54, 1.807) is 0 Å². The van der Waals surface area contributed by atoms with Gasteiger partial charge in [0.25, 0.3) is 0 Å². The Bertz CT molecular complexity index is 201. The van der Waals surface area contributed by atoms with Crippen LogP contribution in [-0.4, -0.2) is 42.6 Å². The Morgan fingerprint density at radius 1 is 1.53 bits per heavy atom. The number of nitrogens with one attached hydrogen (secondary N) is 1. The van der Waals surface area contributed by atoms with E-state index < -0.39 is 0 Å². The maximum absolute atomic E-state index is 11.5. The van der Waals surface area contributed by atoms with E-state index in [4.69, 9.17) is 10.6 Å². The van der Waals surface area contributed by atoms with Gasteiger partial charge in [-0.2, -0.15) is 0 Å². The molecule has 1 aliphatic heterocycles. The highest BCUT2D eigenvalue weighted by Crippen LogP contribution is 2.15. The minimum atomic E-state index is 0.0699. The molecule has 0 bridgehead atoms. The van der Waals surface area contributed by atoms with Gasteiger partial charge in [-0.1, -0.05) is 0 Å². The van der Waals surface area contributed by atoms with Crippen molar-refractivity contribution in [2.45, 2.75) is 38.9 Å². The summed E-state index contributed by atoms with van der Waals surface area (Å²) in [5.74, 6) is 5.18. The number of rotatable bonds is 4. The average Bonchev–Trinajstić information content (AvgIpc) is 2.18. The maximum Gasteiger partial charge on any atom is 0.237 e. The van der Waals surface area contributed by atoms with Crippen LogP contribution in [0.15, 0.2) is 0 Å². The van der Waals surface area contributed by atoms with Gasteiger partial charge in [-0.25, -0.2) is 0 Å². The molecule has 0 spiro atoms. The fourth-order valence-corrected chi connectivity index (χ4v) is 1.83. The van der Waals surface area contributed by atoms with E-state index in [9.17, 15) is 4.79 Å². The van der Waals surface area contributed by atoms with E-state index in [0.29, 0.717) is 6.10 Å². The van der Waals surface area contributed by atoms with Gasteiger partial charge in [0.1, 0.15) is 0 Å². The van der Waals surface area contributed by atoms with E-state index in [2.05, 4.69) is 5.43 Å². The molecule has 5 heteroatoms. The Morgan fingerprint density at radius 2 is 2.13 bits per heavy atom. The summed E-state index contributed by atoms with van der Waals surface area (Å²) in [6, 6.07) is 0. The predicted octanol–water partition coefficient (Wildman–Crippen LogP) is -0.134. The van der Waals surface area contributed by atoms with Crippen molar-refractivity contribution in [3.05, 3.63) is 0 Å². The minimum Gasteiger partial charge on any atom is -0.375 e. The normalized spacial score (nSPS) is 18.5. The third-order valence-electron chi connectivity index (χ3n) is 2.51. The van der Waals surface area contributed by atoms with Gasteiger partial charge < -0.3 is 9.64 Å². The number of hydrogen-bond acceptors (Lipinski definition) is 4. The van der Waals surface area contributed by atoms with Gasteiger partial charge >= 0.3 is 0 Å². The Balaban J connectivity index is 2.26. The number of ether oxygens (including phenoxy) is 1. The van der Waals surface area contributed by atoms with Crippen molar-refractivity contribution in [2.24, 2.45) is 5.84 Å². The van der Waals surface area contributed by atoms with Gasteiger partial charge in [0, 0.05) is 13.1 Å².